The van der Waals surface area contributed by atoms with E-state index in [1.165, 1.54) is 12.3 Å². The molecule has 0 unspecified atom stereocenters. The number of rotatable bonds is 4. The van der Waals surface area contributed by atoms with Crippen molar-refractivity contribution < 1.29 is 13.2 Å². The fourth-order valence-electron chi connectivity index (χ4n) is 1.55. The molecule has 0 aliphatic carbocycles. The molecule has 7 heteroatoms. The monoisotopic (exact) mass is 258 g/mol. The fraction of sp³-hybridized carbons (Fsp3) is 0.455. The Kier molecular flexibility index (Phi) is 4.37. The van der Waals surface area contributed by atoms with Crippen LogP contribution in [-0.4, -0.2) is 24.2 Å². The van der Waals surface area contributed by atoms with Gasteiger partial charge in [0.15, 0.2) is 5.82 Å². The van der Waals surface area contributed by atoms with Gasteiger partial charge in [-0.1, -0.05) is 6.92 Å². The van der Waals surface area contributed by atoms with Gasteiger partial charge in [0, 0.05) is 12.7 Å². The summed E-state index contributed by atoms with van der Waals surface area (Å²) in [6, 6.07) is 3.15. The molecule has 0 bridgehead atoms. The standard InChI is InChI=1S/C11H13F3N4/c1-2-3-18(7-11(12,13)14)10-9(16)4-8(5-15)6-17-10/h4,6H,2-3,7,16H2,1H3. The van der Waals surface area contributed by atoms with E-state index in [1.807, 2.05) is 6.07 Å². The number of halogens is 3. The van der Waals surface area contributed by atoms with Crippen molar-refractivity contribution in [1.29, 1.82) is 5.26 Å². The van der Waals surface area contributed by atoms with Gasteiger partial charge < -0.3 is 10.6 Å². The minimum absolute atomic E-state index is 0.0631. The second kappa shape index (κ2) is 5.58. The van der Waals surface area contributed by atoms with Gasteiger partial charge in [-0.25, -0.2) is 4.98 Å². The topological polar surface area (TPSA) is 65.9 Å². The average molecular weight is 258 g/mol. The Hall–Kier alpha value is -1.97. The van der Waals surface area contributed by atoms with Crippen molar-refractivity contribution >= 4 is 11.5 Å². The lowest BCUT2D eigenvalue weighted by Gasteiger charge is -2.25. The highest BCUT2D eigenvalue weighted by molar-refractivity contribution is 5.64. The molecular formula is C11H13F3N4. The Balaban J connectivity index is 3.03. The third-order valence-corrected chi connectivity index (χ3v) is 2.19. The summed E-state index contributed by atoms with van der Waals surface area (Å²) in [5.41, 5.74) is 5.92. The normalized spacial score (nSPS) is 11.1. The molecule has 0 aliphatic heterocycles. The fourth-order valence-corrected chi connectivity index (χ4v) is 1.55. The van der Waals surface area contributed by atoms with E-state index in [4.69, 9.17) is 11.0 Å². The maximum Gasteiger partial charge on any atom is 0.405 e. The number of nitriles is 1. The number of alkyl halides is 3. The van der Waals surface area contributed by atoms with Crippen molar-refractivity contribution in [2.45, 2.75) is 19.5 Å². The molecule has 0 spiro atoms. The van der Waals surface area contributed by atoms with E-state index in [2.05, 4.69) is 4.98 Å². The molecule has 0 fully saturated rings. The number of pyridine rings is 1. The maximum atomic E-state index is 12.4. The van der Waals surface area contributed by atoms with Crippen LogP contribution in [0, 0.1) is 11.3 Å². The third-order valence-electron chi connectivity index (χ3n) is 2.19. The maximum absolute atomic E-state index is 12.4. The Morgan fingerprint density at radius 2 is 2.17 bits per heavy atom. The summed E-state index contributed by atoms with van der Waals surface area (Å²) in [5.74, 6) is 0.0631. The molecule has 0 saturated carbocycles. The van der Waals surface area contributed by atoms with Crippen molar-refractivity contribution in [1.82, 2.24) is 4.98 Å². The number of nitrogens with zero attached hydrogens (tertiary/aromatic N) is 3. The number of aromatic nitrogens is 1. The van der Waals surface area contributed by atoms with E-state index >= 15 is 0 Å². The summed E-state index contributed by atoms with van der Waals surface area (Å²) in [4.78, 5) is 4.90. The van der Waals surface area contributed by atoms with Gasteiger partial charge in [0.25, 0.3) is 0 Å². The van der Waals surface area contributed by atoms with Gasteiger partial charge in [-0.2, -0.15) is 18.4 Å². The Morgan fingerprint density at radius 1 is 1.50 bits per heavy atom. The summed E-state index contributed by atoms with van der Waals surface area (Å²) in [7, 11) is 0. The summed E-state index contributed by atoms with van der Waals surface area (Å²) >= 11 is 0. The van der Waals surface area contributed by atoms with Crippen LogP contribution in [0.3, 0.4) is 0 Å². The van der Waals surface area contributed by atoms with Crippen LogP contribution in [0.2, 0.25) is 0 Å². The predicted octanol–water partition coefficient (Wildman–Crippen LogP) is 2.31. The van der Waals surface area contributed by atoms with Crippen LogP contribution >= 0.6 is 0 Å². The smallest absolute Gasteiger partial charge is 0.396 e. The Labute approximate surface area is 103 Å². The van der Waals surface area contributed by atoms with Gasteiger partial charge in [-0.15, -0.1) is 0 Å². The molecule has 2 N–H and O–H groups in total. The number of nitrogens with two attached hydrogens (primary N) is 1. The van der Waals surface area contributed by atoms with Crippen LogP contribution < -0.4 is 10.6 Å². The van der Waals surface area contributed by atoms with Gasteiger partial charge in [0.1, 0.15) is 12.6 Å². The lowest BCUT2D eigenvalue weighted by molar-refractivity contribution is -0.119. The highest BCUT2D eigenvalue weighted by Crippen LogP contribution is 2.25. The summed E-state index contributed by atoms with van der Waals surface area (Å²) in [6.07, 6.45) is -2.57. The highest BCUT2D eigenvalue weighted by atomic mass is 19.4. The average Bonchev–Trinajstić information content (AvgIpc) is 2.26. The lowest BCUT2D eigenvalue weighted by atomic mass is 10.2. The van der Waals surface area contributed by atoms with Gasteiger partial charge in [0.2, 0.25) is 0 Å². The van der Waals surface area contributed by atoms with E-state index in [9.17, 15) is 13.2 Å². The largest absolute Gasteiger partial charge is 0.405 e. The molecule has 0 saturated heterocycles. The minimum Gasteiger partial charge on any atom is -0.396 e. The number of nitrogen functional groups attached to an aromatic ring is 1. The highest BCUT2D eigenvalue weighted by Gasteiger charge is 2.31. The van der Waals surface area contributed by atoms with Gasteiger partial charge in [-0.3, -0.25) is 0 Å². The molecule has 1 rings (SSSR count). The minimum atomic E-state index is -4.32. The first-order valence-electron chi connectivity index (χ1n) is 5.34. The molecule has 0 aromatic carbocycles. The molecule has 1 aromatic heterocycles. The Morgan fingerprint density at radius 3 is 2.61 bits per heavy atom. The molecule has 0 aliphatic rings. The molecule has 0 atom stereocenters. The van der Waals surface area contributed by atoms with Crippen molar-refractivity contribution in [3.8, 4) is 6.07 Å². The van der Waals surface area contributed by atoms with Crippen LogP contribution in [-0.2, 0) is 0 Å². The second-order valence-corrected chi connectivity index (χ2v) is 3.79. The lowest BCUT2D eigenvalue weighted by Crippen LogP contribution is -2.35. The third kappa shape index (κ3) is 3.80. The molecule has 0 radical (unpaired) electrons. The summed E-state index contributed by atoms with van der Waals surface area (Å²) in [5, 5.41) is 8.64. The first kappa shape index (κ1) is 14.1. The molecule has 1 aromatic rings. The van der Waals surface area contributed by atoms with Crippen LogP contribution in [0.1, 0.15) is 18.9 Å². The quantitative estimate of drug-likeness (QED) is 0.900. The first-order chi connectivity index (χ1) is 8.37. The zero-order valence-corrected chi connectivity index (χ0v) is 9.83. The van der Waals surface area contributed by atoms with Gasteiger partial charge in [0.05, 0.1) is 11.3 Å². The molecular weight excluding hydrogens is 245 g/mol. The van der Waals surface area contributed by atoms with Crippen molar-refractivity contribution in [3.05, 3.63) is 17.8 Å². The predicted molar refractivity (Wildman–Crippen MR) is 61.9 cm³/mol. The van der Waals surface area contributed by atoms with Crippen LogP contribution in [0.15, 0.2) is 12.3 Å². The molecule has 18 heavy (non-hydrogen) atoms. The number of hydrogen-bond donors (Lipinski definition) is 1. The SMILES string of the molecule is CCCN(CC(F)(F)F)c1ncc(C#N)cc1N. The zero-order chi connectivity index (χ0) is 13.8. The van der Waals surface area contributed by atoms with Crippen molar-refractivity contribution in [3.63, 3.8) is 0 Å². The van der Waals surface area contributed by atoms with E-state index in [1.54, 1.807) is 6.92 Å². The van der Waals surface area contributed by atoms with Crippen molar-refractivity contribution in [2.75, 3.05) is 23.7 Å². The zero-order valence-electron chi connectivity index (χ0n) is 9.83. The second-order valence-electron chi connectivity index (χ2n) is 3.79. The Bertz CT molecular complexity index is 451. The molecule has 1 heterocycles. The molecule has 0 amide bonds. The van der Waals surface area contributed by atoms with E-state index in [-0.39, 0.29) is 23.6 Å². The van der Waals surface area contributed by atoms with Gasteiger partial charge in [-0.05, 0) is 12.5 Å². The molecule has 4 nitrogen and oxygen atoms in total. The molecule has 98 valence electrons. The van der Waals surface area contributed by atoms with Crippen LogP contribution in [0.5, 0.6) is 0 Å². The summed E-state index contributed by atoms with van der Waals surface area (Å²) in [6.45, 7) is 0.857. The van der Waals surface area contributed by atoms with Crippen LogP contribution in [0.4, 0.5) is 24.7 Å². The summed E-state index contributed by atoms with van der Waals surface area (Å²) < 4.78 is 37.3. The van der Waals surface area contributed by atoms with Crippen LogP contribution in [0.25, 0.3) is 0 Å². The van der Waals surface area contributed by atoms with Crippen molar-refractivity contribution in [2.24, 2.45) is 0 Å². The number of hydrogen-bond acceptors (Lipinski definition) is 4. The number of anilines is 2. The first-order valence-corrected chi connectivity index (χ1v) is 5.34. The van der Waals surface area contributed by atoms with E-state index in [0.717, 1.165) is 4.90 Å². The van der Waals surface area contributed by atoms with Gasteiger partial charge >= 0.3 is 6.18 Å². The van der Waals surface area contributed by atoms with E-state index in [0.29, 0.717) is 6.42 Å². The van der Waals surface area contributed by atoms with E-state index < -0.39 is 12.7 Å².